The van der Waals surface area contributed by atoms with E-state index < -0.39 is 6.61 Å². The highest BCUT2D eigenvalue weighted by molar-refractivity contribution is 7.17. The Morgan fingerprint density at radius 2 is 2.00 bits per heavy atom. The Morgan fingerprint density at radius 1 is 1.25 bits per heavy atom. The van der Waals surface area contributed by atoms with Gasteiger partial charge in [0.2, 0.25) is 0 Å². The van der Waals surface area contributed by atoms with Gasteiger partial charge in [0, 0.05) is 5.69 Å². The molecule has 0 N–H and O–H groups in total. The summed E-state index contributed by atoms with van der Waals surface area (Å²) in [6.45, 7) is 1.02. The number of hydrogen-bond acceptors (Lipinski definition) is 4. The molecule has 2 aromatic heterocycles. The van der Waals surface area contributed by atoms with Crippen molar-refractivity contribution in [2.45, 2.75) is 26.4 Å². The van der Waals surface area contributed by atoms with Gasteiger partial charge in [-0.1, -0.05) is 13.8 Å². The van der Waals surface area contributed by atoms with Crippen LogP contribution in [0.3, 0.4) is 0 Å². The molecular weight excluding hydrogens is 284 g/mol. The van der Waals surface area contributed by atoms with Gasteiger partial charge in [0.25, 0.3) is 0 Å². The molecule has 0 aliphatic rings. The van der Waals surface area contributed by atoms with Gasteiger partial charge in [0.1, 0.15) is 5.69 Å². The molecule has 0 atom stereocenters. The molecule has 6 heteroatoms. The minimum Gasteiger partial charge on any atom is -0.432 e. The van der Waals surface area contributed by atoms with Crippen molar-refractivity contribution in [2.75, 3.05) is 0 Å². The summed E-state index contributed by atoms with van der Waals surface area (Å²) >= 11 is 1.19. The largest absolute Gasteiger partial charge is 0.432 e. The number of hydrogen-bond donors (Lipinski definition) is 0. The summed E-state index contributed by atoms with van der Waals surface area (Å²) in [5.41, 5.74) is 1.12. The first-order valence-electron chi connectivity index (χ1n) is 6.02. The van der Waals surface area contributed by atoms with Gasteiger partial charge >= 0.3 is 6.61 Å². The first kappa shape index (κ1) is 14.6. The molecule has 2 aromatic rings. The Morgan fingerprint density at radius 3 is 2.55 bits per heavy atom. The summed E-state index contributed by atoms with van der Waals surface area (Å²) in [4.78, 5) is 16.3. The van der Waals surface area contributed by atoms with Gasteiger partial charge in [-0.2, -0.15) is 8.78 Å². The molecule has 106 valence electrons. The zero-order valence-corrected chi connectivity index (χ0v) is 11.8. The van der Waals surface area contributed by atoms with E-state index in [4.69, 9.17) is 0 Å². The number of aldehydes is 1. The molecule has 0 radical (unpaired) electrons. The van der Waals surface area contributed by atoms with Crippen LogP contribution in [0.15, 0.2) is 24.3 Å². The number of nitrogens with zero attached hydrogens (tertiary/aromatic N) is 1. The van der Waals surface area contributed by atoms with Crippen LogP contribution >= 0.6 is 11.3 Å². The summed E-state index contributed by atoms with van der Waals surface area (Å²) in [6.07, 6.45) is 0.716. The van der Waals surface area contributed by atoms with Crippen LogP contribution in [0.4, 0.5) is 8.78 Å². The SMILES string of the molecule is CC(C)c1ccc(OC(F)F)c(-c2ccc(C=O)s2)n1. The smallest absolute Gasteiger partial charge is 0.387 e. The number of alkyl halides is 2. The predicted octanol–water partition coefficient (Wildman–Crippen LogP) is 4.35. The van der Waals surface area contributed by atoms with Gasteiger partial charge in [-0.05, 0) is 30.2 Å². The topological polar surface area (TPSA) is 39.2 Å². The Bertz CT molecular complexity index is 611. The lowest BCUT2D eigenvalue weighted by atomic mass is 10.1. The summed E-state index contributed by atoms with van der Waals surface area (Å²) in [6, 6.07) is 6.46. The molecule has 0 aliphatic heterocycles. The second kappa shape index (κ2) is 6.09. The lowest BCUT2D eigenvalue weighted by molar-refractivity contribution is -0.0496. The first-order valence-corrected chi connectivity index (χ1v) is 6.84. The van der Waals surface area contributed by atoms with Gasteiger partial charge in [-0.15, -0.1) is 11.3 Å². The van der Waals surface area contributed by atoms with Crippen molar-refractivity contribution >= 4 is 17.6 Å². The number of pyridine rings is 1. The Hall–Kier alpha value is -1.82. The van der Waals surface area contributed by atoms with Crippen LogP contribution in [0.2, 0.25) is 0 Å². The lowest BCUT2D eigenvalue weighted by Gasteiger charge is -2.12. The fourth-order valence-corrected chi connectivity index (χ4v) is 2.51. The van der Waals surface area contributed by atoms with E-state index in [0.29, 0.717) is 21.7 Å². The lowest BCUT2D eigenvalue weighted by Crippen LogP contribution is -2.05. The van der Waals surface area contributed by atoms with Crippen molar-refractivity contribution in [3.63, 3.8) is 0 Å². The molecule has 0 fully saturated rings. The van der Waals surface area contributed by atoms with Crippen molar-refractivity contribution in [3.05, 3.63) is 34.8 Å². The van der Waals surface area contributed by atoms with Gasteiger partial charge in [0.15, 0.2) is 12.0 Å². The zero-order chi connectivity index (χ0) is 14.7. The summed E-state index contributed by atoms with van der Waals surface area (Å²) in [7, 11) is 0. The molecule has 0 aliphatic carbocycles. The van der Waals surface area contributed by atoms with E-state index in [0.717, 1.165) is 5.69 Å². The summed E-state index contributed by atoms with van der Waals surface area (Å²) < 4.78 is 29.4. The average Bonchev–Trinajstić information content (AvgIpc) is 2.87. The Balaban J connectivity index is 2.50. The number of ether oxygens (including phenoxy) is 1. The summed E-state index contributed by atoms with van der Waals surface area (Å²) in [5, 5.41) is 0. The molecule has 0 saturated heterocycles. The van der Waals surface area contributed by atoms with E-state index in [1.165, 1.54) is 17.4 Å². The van der Waals surface area contributed by atoms with Gasteiger partial charge < -0.3 is 4.74 Å². The molecule has 0 unspecified atom stereocenters. The van der Waals surface area contributed by atoms with E-state index in [1.54, 1.807) is 18.2 Å². The maximum Gasteiger partial charge on any atom is 0.387 e. The van der Waals surface area contributed by atoms with Crippen LogP contribution in [0, 0.1) is 0 Å². The second-order valence-electron chi connectivity index (χ2n) is 4.44. The van der Waals surface area contributed by atoms with E-state index >= 15 is 0 Å². The third kappa shape index (κ3) is 3.19. The van der Waals surface area contributed by atoms with E-state index in [9.17, 15) is 13.6 Å². The quantitative estimate of drug-likeness (QED) is 0.770. The average molecular weight is 297 g/mol. The zero-order valence-electron chi connectivity index (χ0n) is 11.0. The van der Waals surface area contributed by atoms with Gasteiger partial charge in [-0.3, -0.25) is 4.79 Å². The van der Waals surface area contributed by atoms with Crippen LogP contribution in [0.25, 0.3) is 10.6 Å². The molecule has 3 nitrogen and oxygen atoms in total. The minimum atomic E-state index is -2.91. The van der Waals surface area contributed by atoms with Crippen LogP contribution < -0.4 is 4.74 Å². The highest BCUT2D eigenvalue weighted by atomic mass is 32.1. The number of aromatic nitrogens is 1. The van der Waals surface area contributed by atoms with E-state index in [2.05, 4.69) is 9.72 Å². The number of halogens is 2. The van der Waals surface area contributed by atoms with Gasteiger partial charge in [0.05, 0.1) is 9.75 Å². The summed E-state index contributed by atoms with van der Waals surface area (Å²) in [5.74, 6) is 0.184. The number of rotatable bonds is 5. The molecule has 0 bridgehead atoms. The molecule has 2 rings (SSSR count). The molecule has 0 spiro atoms. The van der Waals surface area contributed by atoms with Crippen LogP contribution in [-0.4, -0.2) is 17.9 Å². The highest BCUT2D eigenvalue weighted by Crippen LogP contribution is 2.35. The normalized spacial score (nSPS) is 11.1. The maximum absolute atomic E-state index is 12.4. The predicted molar refractivity (Wildman–Crippen MR) is 73.7 cm³/mol. The molecule has 0 saturated carbocycles. The van der Waals surface area contributed by atoms with Crippen molar-refractivity contribution in [3.8, 4) is 16.3 Å². The Labute approximate surface area is 119 Å². The van der Waals surface area contributed by atoms with Gasteiger partial charge in [-0.25, -0.2) is 4.98 Å². The van der Waals surface area contributed by atoms with Crippen molar-refractivity contribution in [1.82, 2.24) is 4.98 Å². The van der Waals surface area contributed by atoms with Crippen molar-refractivity contribution < 1.29 is 18.3 Å². The Kier molecular flexibility index (Phi) is 4.44. The standard InChI is InChI=1S/C14H13F2NO2S/c1-8(2)10-4-5-11(19-14(15)16)13(17-10)12-6-3-9(7-18)20-12/h3-8,14H,1-2H3. The van der Waals surface area contributed by atoms with E-state index in [1.807, 2.05) is 13.8 Å². The first-order chi connectivity index (χ1) is 9.51. The molecule has 0 amide bonds. The van der Waals surface area contributed by atoms with Crippen molar-refractivity contribution in [2.24, 2.45) is 0 Å². The molecule has 0 aromatic carbocycles. The van der Waals surface area contributed by atoms with Crippen molar-refractivity contribution in [1.29, 1.82) is 0 Å². The van der Waals surface area contributed by atoms with Crippen LogP contribution in [0.5, 0.6) is 5.75 Å². The monoisotopic (exact) mass is 297 g/mol. The van der Waals surface area contributed by atoms with Crippen LogP contribution in [0.1, 0.15) is 35.1 Å². The second-order valence-corrected chi connectivity index (χ2v) is 5.55. The minimum absolute atomic E-state index is 0.0173. The van der Waals surface area contributed by atoms with E-state index in [-0.39, 0.29) is 11.7 Å². The molecular formula is C14H13F2NO2S. The fraction of sp³-hybridized carbons (Fsp3) is 0.286. The number of carbonyl (C=O) groups is 1. The van der Waals surface area contributed by atoms with Crippen LogP contribution in [-0.2, 0) is 0 Å². The molecule has 20 heavy (non-hydrogen) atoms. The number of carbonyl (C=O) groups excluding carboxylic acids is 1. The highest BCUT2D eigenvalue weighted by Gasteiger charge is 2.16. The third-order valence-corrected chi connectivity index (χ3v) is 3.68. The third-order valence-electron chi connectivity index (χ3n) is 2.66. The maximum atomic E-state index is 12.4. The fourth-order valence-electron chi connectivity index (χ4n) is 1.69. The molecule has 2 heterocycles. The number of thiophene rings is 1.